The highest BCUT2D eigenvalue weighted by molar-refractivity contribution is 6.09. The van der Waals surface area contributed by atoms with Crippen LogP contribution >= 0.6 is 0 Å². The van der Waals surface area contributed by atoms with Crippen molar-refractivity contribution in [1.82, 2.24) is 5.32 Å². The predicted octanol–water partition coefficient (Wildman–Crippen LogP) is 6.13. The maximum atomic E-state index is 14.4. The Labute approximate surface area is 211 Å². The topological polar surface area (TPSA) is 56.8 Å². The van der Waals surface area contributed by atoms with E-state index in [4.69, 9.17) is 14.2 Å². The number of halogens is 1. The number of carbonyl (C=O) groups excluding carboxylic acids is 1. The normalized spacial score (nSPS) is 14.4. The van der Waals surface area contributed by atoms with Crippen LogP contribution in [-0.4, -0.2) is 27.2 Å². The van der Waals surface area contributed by atoms with E-state index >= 15 is 0 Å². The van der Waals surface area contributed by atoms with Crippen LogP contribution in [0.4, 0.5) is 4.39 Å². The third kappa shape index (κ3) is 4.85. The second kappa shape index (κ2) is 10.7. The van der Waals surface area contributed by atoms with Crippen LogP contribution in [0.15, 0.2) is 66.2 Å². The fourth-order valence-electron chi connectivity index (χ4n) is 4.66. The number of benzene rings is 3. The molecule has 0 aromatic heterocycles. The Kier molecular flexibility index (Phi) is 7.44. The van der Waals surface area contributed by atoms with Crippen molar-refractivity contribution in [2.24, 2.45) is 5.92 Å². The van der Waals surface area contributed by atoms with E-state index in [2.05, 4.69) is 5.32 Å². The van der Waals surface area contributed by atoms with E-state index in [0.717, 1.165) is 33.4 Å². The lowest BCUT2D eigenvalue weighted by Gasteiger charge is -2.16. The molecule has 1 atom stereocenters. The summed E-state index contributed by atoms with van der Waals surface area (Å²) < 4.78 is 31.0. The van der Waals surface area contributed by atoms with Gasteiger partial charge in [0.1, 0.15) is 23.1 Å². The fraction of sp³-hybridized carbons (Fsp3) is 0.233. The first-order valence-corrected chi connectivity index (χ1v) is 11.7. The molecule has 0 saturated carbocycles. The predicted molar refractivity (Wildman–Crippen MR) is 140 cm³/mol. The first-order chi connectivity index (χ1) is 17.4. The molecule has 1 aliphatic carbocycles. The van der Waals surface area contributed by atoms with Crippen molar-refractivity contribution in [2.45, 2.75) is 20.4 Å². The number of allylic oxidation sites excluding steroid dienone is 2. The average Bonchev–Trinajstić information content (AvgIpc) is 3.17. The highest BCUT2D eigenvalue weighted by Gasteiger charge is 2.31. The van der Waals surface area contributed by atoms with Gasteiger partial charge in [-0.2, -0.15) is 0 Å². The maximum absolute atomic E-state index is 14.4. The first-order valence-electron chi connectivity index (χ1n) is 11.7. The molecule has 1 aliphatic rings. The molecule has 0 radical (unpaired) electrons. The molecule has 0 heterocycles. The number of hydrogen-bond donors (Lipinski definition) is 1. The highest BCUT2D eigenvalue weighted by Crippen LogP contribution is 2.47. The summed E-state index contributed by atoms with van der Waals surface area (Å²) in [5.74, 6) is 0.812. The zero-order valence-electron chi connectivity index (χ0n) is 21.1. The Balaban J connectivity index is 1.77. The van der Waals surface area contributed by atoms with Crippen LogP contribution in [0.3, 0.4) is 0 Å². The number of amides is 1. The molecule has 4 rings (SSSR count). The smallest absolute Gasteiger partial charge is 0.227 e. The third-order valence-corrected chi connectivity index (χ3v) is 6.55. The van der Waals surface area contributed by atoms with Crippen LogP contribution in [0, 0.1) is 11.7 Å². The van der Waals surface area contributed by atoms with Crippen molar-refractivity contribution in [3.05, 3.63) is 94.3 Å². The molecular formula is C30H30FNO4. The van der Waals surface area contributed by atoms with Crippen molar-refractivity contribution in [3.8, 4) is 17.2 Å². The molecular weight excluding hydrogens is 457 g/mol. The van der Waals surface area contributed by atoms with E-state index in [0.29, 0.717) is 29.4 Å². The zero-order chi connectivity index (χ0) is 25.8. The number of methoxy groups -OCH3 is 3. The van der Waals surface area contributed by atoms with Gasteiger partial charge in [-0.3, -0.25) is 4.79 Å². The van der Waals surface area contributed by atoms with Crippen LogP contribution in [0.2, 0.25) is 0 Å². The van der Waals surface area contributed by atoms with E-state index in [1.54, 1.807) is 39.5 Å². The van der Waals surface area contributed by atoms with Crippen LogP contribution in [0.5, 0.6) is 17.2 Å². The summed E-state index contributed by atoms with van der Waals surface area (Å²) in [7, 11) is 4.75. The van der Waals surface area contributed by atoms with Crippen molar-refractivity contribution < 1.29 is 23.4 Å². The minimum absolute atomic E-state index is 0.121. The molecule has 0 fully saturated rings. The Hall–Kier alpha value is -4.06. The first kappa shape index (κ1) is 25.0. The summed E-state index contributed by atoms with van der Waals surface area (Å²) >= 11 is 0. The summed E-state index contributed by atoms with van der Waals surface area (Å²) in [6.07, 6.45) is 1.96. The number of fused-ring (bicyclic) bond motifs is 1. The molecule has 5 nitrogen and oxygen atoms in total. The van der Waals surface area contributed by atoms with Gasteiger partial charge in [-0.25, -0.2) is 4.39 Å². The van der Waals surface area contributed by atoms with E-state index in [9.17, 15) is 9.18 Å². The van der Waals surface area contributed by atoms with Crippen LogP contribution in [0.25, 0.3) is 17.2 Å². The molecule has 0 aliphatic heterocycles. The monoisotopic (exact) mass is 487 g/mol. The van der Waals surface area contributed by atoms with Crippen molar-refractivity contribution in [3.63, 3.8) is 0 Å². The minimum atomic E-state index is -0.486. The summed E-state index contributed by atoms with van der Waals surface area (Å²) in [6, 6.07) is 18.0. The molecule has 3 aromatic rings. The van der Waals surface area contributed by atoms with Gasteiger partial charge in [0, 0.05) is 18.7 Å². The number of rotatable bonds is 8. The number of hydrogen-bond acceptors (Lipinski definition) is 4. The van der Waals surface area contributed by atoms with Gasteiger partial charge in [-0.15, -0.1) is 0 Å². The Morgan fingerprint density at radius 2 is 1.61 bits per heavy atom. The molecule has 1 unspecified atom stereocenters. The van der Waals surface area contributed by atoms with Gasteiger partial charge < -0.3 is 19.5 Å². The number of nitrogens with one attached hydrogen (secondary N) is 1. The second-order valence-corrected chi connectivity index (χ2v) is 8.66. The van der Waals surface area contributed by atoms with Crippen LogP contribution in [0.1, 0.15) is 36.1 Å². The maximum Gasteiger partial charge on any atom is 0.227 e. The van der Waals surface area contributed by atoms with Gasteiger partial charge in [-0.05, 0) is 65.5 Å². The summed E-state index contributed by atoms with van der Waals surface area (Å²) in [5, 5.41) is 3.02. The molecule has 36 heavy (non-hydrogen) atoms. The van der Waals surface area contributed by atoms with Gasteiger partial charge in [0.2, 0.25) is 5.91 Å². The van der Waals surface area contributed by atoms with E-state index in [-0.39, 0.29) is 11.7 Å². The third-order valence-electron chi connectivity index (χ3n) is 6.55. The van der Waals surface area contributed by atoms with Crippen molar-refractivity contribution >= 4 is 23.1 Å². The Bertz CT molecular complexity index is 1320. The highest BCUT2D eigenvalue weighted by atomic mass is 19.1. The van der Waals surface area contributed by atoms with Crippen molar-refractivity contribution in [1.29, 1.82) is 0 Å². The molecule has 1 amide bonds. The van der Waals surface area contributed by atoms with Gasteiger partial charge in [0.15, 0.2) is 0 Å². The lowest BCUT2D eigenvalue weighted by Crippen LogP contribution is -2.29. The lowest BCUT2D eigenvalue weighted by atomic mass is 9.92. The largest absolute Gasteiger partial charge is 0.496 e. The molecule has 3 aromatic carbocycles. The molecule has 1 N–H and O–H groups in total. The molecule has 6 heteroatoms. The van der Waals surface area contributed by atoms with Gasteiger partial charge >= 0.3 is 0 Å². The molecule has 0 spiro atoms. The quantitative estimate of drug-likeness (QED) is 0.415. The van der Waals surface area contributed by atoms with Crippen LogP contribution < -0.4 is 19.5 Å². The minimum Gasteiger partial charge on any atom is -0.496 e. The van der Waals surface area contributed by atoms with Crippen molar-refractivity contribution in [2.75, 3.05) is 21.3 Å². The molecule has 186 valence electrons. The average molecular weight is 488 g/mol. The summed E-state index contributed by atoms with van der Waals surface area (Å²) in [5.41, 5.74) is 5.89. The second-order valence-electron chi connectivity index (χ2n) is 8.66. The fourth-order valence-corrected chi connectivity index (χ4v) is 4.66. The SMILES string of the molecule is COc1cc(OC)c(C=C2C(C)=C(C(C)C(=O)NCc3ccccc3)c3cc(F)ccc32)c(OC)c1. The Morgan fingerprint density at radius 3 is 2.22 bits per heavy atom. The van der Waals surface area contributed by atoms with E-state index in [1.165, 1.54) is 12.1 Å². The lowest BCUT2D eigenvalue weighted by molar-refractivity contribution is -0.123. The molecule has 0 bridgehead atoms. The summed E-state index contributed by atoms with van der Waals surface area (Å²) in [6.45, 7) is 4.24. The number of ether oxygens (including phenoxy) is 3. The summed E-state index contributed by atoms with van der Waals surface area (Å²) in [4.78, 5) is 13.2. The van der Waals surface area contributed by atoms with Crippen LogP contribution in [-0.2, 0) is 11.3 Å². The standard InChI is InChI=1S/C30H30FNO4/c1-18-24(16-26-27(35-4)14-22(34-3)15-28(26)36-5)23-12-11-21(31)13-25(23)29(18)19(2)30(33)32-17-20-9-7-6-8-10-20/h6-16,19H,17H2,1-5H3,(H,32,33). The van der Waals surface area contributed by atoms with Gasteiger partial charge in [-0.1, -0.05) is 36.4 Å². The van der Waals surface area contributed by atoms with E-state index in [1.807, 2.05) is 50.3 Å². The zero-order valence-corrected chi connectivity index (χ0v) is 21.1. The number of carbonyl (C=O) groups is 1. The van der Waals surface area contributed by atoms with E-state index < -0.39 is 5.92 Å². The van der Waals surface area contributed by atoms with Gasteiger partial charge in [0.25, 0.3) is 0 Å². The van der Waals surface area contributed by atoms with Gasteiger partial charge in [0.05, 0.1) is 32.8 Å². The Morgan fingerprint density at radius 1 is 0.944 bits per heavy atom. The molecule has 0 saturated heterocycles.